The molecule has 80 valence electrons. The Morgan fingerprint density at radius 3 is 2.62 bits per heavy atom. The van der Waals surface area contributed by atoms with E-state index in [1.807, 2.05) is 24.4 Å². The maximum absolute atomic E-state index is 4.32. The van der Waals surface area contributed by atoms with Crippen molar-refractivity contribution in [2.45, 2.75) is 13.3 Å². The smallest absolute Gasteiger partial charge is 0.0632 e. The molecule has 1 heteroatoms. The van der Waals surface area contributed by atoms with Crippen LogP contribution in [-0.2, 0) is 6.42 Å². The first kappa shape index (κ1) is 10.6. The first-order valence-electron chi connectivity index (χ1n) is 5.56. The first-order chi connectivity index (χ1) is 7.88. The number of rotatable bonds is 3. The summed E-state index contributed by atoms with van der Waals surface area (Å²) in [4.78, 5) is 4.32. The monoisotopic (exact) mass is 209 g/mol. The van der Waals surface area contributed by atoms with Crippen LogP contribution in [0.25, 0.3) is 12.2 Å². The standard InChI is InChI=1S/C15H15N/c1-2-13-10-11-16-15(12-13)9-8-14-6-4-3-5-7-14/h3-12H,2H2,1H3. The number of aryl methyl sites for hydroxylation is 1. The van der Waals surface area contributed by atoms with Crippen LogP contribution in [0.4, 0.5) is 0 Å². The van der Waals surface area contributed by atoms with Gasteiger partial charge in [0, 0.05) is 6.20 Å². The van der Waals surface area contributed by atoms with Crippen molar-refractivity contribution in [3.63, 3.8) is 0 Å². The third-order valence-corrected chi connectivity index (χ3v) is 2.50. The Morgan fingerprint density at radius 1 is 1.06 bits per heavy atom. The molecule has 1 heterocycles. The number of nitrogens with zero attached hydrogens (tertiary/aromatic N) is 1. The Hall–Kier alpha value is -1.89. The van der Waals surface area contributed by atoms with Gasteiger partial charge in [0.2, 0.25) is 0 Å². The second-order valence-electron chi connectivity index (χ2n) is 3.69. The SMILES string of the molecule is CCc1ccnc(C=Cc2ccccc2)c1. The van der Waals surface area contributed by atoms with Gasteiger partial charge in [-0.3, -0.25) is 4.98 Å². The molecule has 0 saturated heterocycles. The molecular weight excluding hydrogens is 194 g/mol. The average Bonchev–Trinajstić information content (AvgIpc) is 2.38. The summed E-state index contributed by atoms with van der Waals surface area (Å²) in [5.74, 6) is 0. The highest BCUT2D eigenvalue weighted by Gasteiger charge is 1.91. The molecular formula is C15H15N. The van der Waals surface area contributed by atoms with E-state index in [9.17, 15) is 0 Å². The molecule has 0 radical (unpaired) electrons. The van der Waals surface area contributed by atoms with Crippen molar-refractivity contribution in [2.75, 3.05) is 0 Å². The van der Waals surface area contributed by atoms with Gasteiger partial charge in [0.25, 0.3) is 0 Å². The number of aromatic nitrogens is 1. The van der Waals surface area contributed by atoms with Crippen molar-refractivity contribution in [2.24, 2.45) is 0 Å². The van der Waals surface area contributed by atoms with Gasteiger partial charge >= 0.3 is 0 Å². The van der Waals surface area contributed by atoms with Crippen LogP contribution in [0.2, 0.25) is 0 Å². The maximum atomic E-state index is 4.32. The molecule has 0 bridgehead atoms. The van der Waals surface area contributed by atoms with Crippen LogP contribution < -0.4 is 0 Å². The lowest BCUT2D eigenvalue weighted by atomic mass is 10.1. The van der Waals surface area contributed by atoms with Gasteiger partial charge < -0.3 is 0 Å². The number of benzene rings is 1. The number of pyridine rings is 1. The van der Waals surface area contributed by atoms with Crippen LogP contribution in [0, 0.1) is 0 Å². The van der Waals surface area contributed by atoms with Crippen molar-refractivity contribution in [3.05, 3.63) is 65.5 Å². The fourth-order valence-electron chi connectivity index (χ4n) is 1.55. The van der Waals surface area contributed by atoms with Crippen molar-refractivity contribution >= 4 is 12.2 Å². The van der Waals surface area contributed by atoms with E-state index >= 15 is 0 Å². The van der Waals surface area contributed by atoms with Gasteiger partial charge in [0.15, 0.2) is 0 Å². The summed E-state index contributed by atoms with van der Waals surface area (Å²) in [6, 6.07) is 14.4. The van der Waals surface area contributed by atoms with E-state index in [1.165, 1.54) is 11.1 Å². The lowest BCUT2D eigenvalue weighted by Gasteiger charge is -1.97. The molecule has 16 heavy (non-hydrogen) atoms. The van der Waals surface area contributed by atoms with Crippen LogP contribution in [0.3, 0.4) is 0 Å². The van der Waals surface area contributed by atoms with Crippen LogP contribution in [0.1, 0.15) is 23.7 Å². The zero-order chi connectivity index (χ0) is 11.2. The topological polar surface area (TPSA) is 12.9 Å². The Labute approximate surface area is 96.5 Å². The minimum absolute atomic E-state index is 1.02. The molecule has 0 saturated carbocycles. The van der Waals surface area contributed by atoms with E-state index in [0.717, 1.165) is 12.1 Å². The summed E-state index contributed by atoms with van der Waals surface area (Å²) < 4.78 is 0. The largest absolute Gasteiger partial charge is 0.257 e. The van der Waals surface area contributed by atoms with Crippen molar-refractivity contribution in [1.29, 1.82) is 0 Å². The van der Waals surface area contributed by atoms with Gasteiger partial charge in [-0.15, -0.1) is 0 Å². The minimum atomic E-state index is 1.02. The second-order valence-corrected chi connectivity index (χ2v) is 3.69. The van der Waals surface area contributed by atoms with Gasteiger partial charge in [-0.1, -0.05) is 43.3 Å². The summed E-state index contributed by atoms with van der Waals surface area (Å²) >= 11 is 0. The Kier molecular flexibility index (Phi) is 3.50. The van der Waals surface area contributed by atoms with E-state index in [1.54, 1.807) is 0 Å². The van der Waals surface area contributed by atoms with E-state index < -0.39 is 0 Å². The third kappa shape index (κ3) is 2.80. The summed E-state index contributed by atoms with van der Waals surface area (Å²) in [5, 5.41) is 0. The van der Waals surface area contributed by atoms with Crippen LogP contribution in [0.5, 0.6) is 0 Å². The minimum Gasteiger partial charge on any atom is -0.257 e. The quantitative estimate of drug-likeness (QED) is 0.749. The van der Waals surface area contributed by atoms with Crippen molar-refractivity contribution in [1.82, 2.24) is 4.98 Å². The number of hydrogen-bond acceptors (Lipinski definition) is 1. The fraction of sp³-hybridized carbons (Fsp3) is 0.133. The van der Waals surface area contributed by atoms with Crippen LogP contribution in [0.15, 0.2) is 48.7 Å². The summed E-state index contributed by atoms with van der Waals surface area (Å²) in [6.07, 6.45) is 7.05. The molecule has 1 aromatic heterocycles. The Balaban J connectivity index is 2.17. The Bertz CT molecular complexity index is 472. The molecule has 0 aliphatic rings. The third-order valence-electron chi connectivity index (χ3n) is 2.50. The Morgan fingerprint density at radius 2 is 1.88 bits per heavy atom. The van der Waals surface area contributed by atoms with Gasteiger partial charge in [-0.25, -0.2) is 0 Å². The highest BCUT2D eigenvalue weighted by molar-refractivity contribution is 5.67. The van der Waals surface area contributed by atoms with Crippen molar-refractivity contribution in [3.8, 4) is 0 Å². The second kappa shape index (κ2) is 5.26. The summed E-state index contributed by atoms with van der Waals surface area (Å²) in [6.45, 7) is 2.15. The number of hydrogen-bond donors (Lipinski definition) is 0. The maximum Gasteiger partial charge on any atom is 0.0632 e. The first-order valence-corrected chi connectivity index (χ1v) is 5.56. The highest BCUT2D eigenvalue weighted by atomic mass is 14.7. The summed E-state index contributed by atoms with van der Waals surface area (Å²) in [7, 11) is 0. The predicted molar refractivity (Wildman–Crippen MR) is 69.0 cm³/mol. The van der Waals surface area contributed by atoms with E-state index in [-0.39, 0.29) is 0 Å². The molecule has 2 rings (SSSR count). The predicted octanol–water partition coefficient (Wildman–Crippen LogP) is 3.81. The zero-order valence-corrected chi connectivity index (χ0v) is 9.43. The van der Waals surface area contributed by atoms with Gasteiger partial charge in [0.05, 0.1) is 5.69 Å². The average molecular weight is 209 g/mol. The highest BCUT2D eigenvalue weighted by Crippen LogP contribution is 2.08. The van der Waals surface area contributed by atoms with Crippen LogP contribution in [-0.4, -0.2) is 4.98 Å². The molecule has 0 aliphatic carbocycles. The molecule has 0 N–H and O–H groups in total. The van der Waals surface area contributed by atoms with Gasteiger partial charge in [-0.05, 0) is 35.8 Å². The zero-order valence-electron chi connectivity index (χ0n) is 9.43. The van der Waals surface area contributed by atoms with E-state index in [0.29, 0.717) is 0 Å². The molecule has 1 aromatic carbocycles. The van der Waals surface area contributed by atoms with E-state index in [4.69, 9.17) is 0 Å². The van der Waals surface area contributed by atoms with Crippen molar-refractivity contribution < 1.29 is 0 Å². The fourth-order valence-corrected chi connectivity index (χ4v) is 1.55. The van der Waals surface area contributed by atoms with Gasteiger partial charge in [-0.2, -0.15) is 0 Å². The lowest BCUT2D eigenvalue weighted by Crippen LogP contribution is -1.84. The molecule has 1 nitrogen and oxygen atoms in total. The normalized spacial score (nSPS) is 10.8. The molecule has 0 amide bonds. The van der Waals surface area contributed by atoms with Gasteiger partial charge in [0.1, 0.15) is 0 Å². The van der Waals surface area contributed by atoms with E-state index in [2.05, 4.69) is 48.3 Å². The molecule has 0 fully saturated rings. The molecule has 0 aliphatic heterocycles. The molecule has 0 atom stereocenters. The summed E-state index contributed by atoms with van der Waals surface area (Å²) in [5.41, 5.74) is 3.54. The lowest BCUT2D eigenvalue weighted by molar-refractivity contribution is 1.11. The molecule has 0 unspecified atom stereocenters. The molecule has 2 aromatic rings. The molecule has 0 spiro atoms. The van der Waals surface area contributed by atoms with Crippen LogP contribution >= 0.6 is 0 Å².